The second-order valence-corrected chi connectivity index (χ2v) is 6.20. The summed E-state index contributed by atoms with van der Waals surface area (Å²) in [5, 5.41) is 8.89. The molecule has 24 heavy (non-hydrogen) atoms. The number of aromatic carboxylic acids is 1. The lowest BCUT2D eigenvalue weighted by Crippen LogP contribution is -2.28. The summed E-state index contributed by atoms with van der Waals surface area (Å²) in [4.78, 5) is 25.0. The van der Waals surface area contributed by atoms with E-state index in [4.69, 9.17) is 5.11 Å². The van der Waals surface area contributed by atoms with E-state index in [0.29, 0.717) is 6.54 Å². The number of carboxylic acid groups (broad SMARTS) is 1. The van der Waals surface area contributed by atoms with Gasteiger partial charge in [-0.15, -0.1) is 0 Å². The summed E-state index contributed by atoms with van der Waals surface area (Å²) in [7, 11) is 1.74. The molecule has 1 saturated carbocycles. The summed E-state index contributed by atoms with van der Waals surface area (Å²) in [6.45, 7) is 0.436. The van der Waals surface area contributed by atoms with Crippen LogP contribution < -0.4 is 0 Å². The molecule has 124 valence electrons. The fourth-order valence-electron chi connectivity index (χ4n) is 2.93. The number of halogens is 1. The first-order chi connectivity index (χ1) is 11.5. The van der Waals surface area contributed by atoms with Crippen molar-refractivity contribution in [2.75, 3.05) is 7.05 Å². The van der Waals surface area contributed by atoms with E-state index < -0.39 is 5.97 Å². The van der Waals surface area contributed by atoms with Crippen molar-refractivity contribution in [1.82, 2.24) is 4.90 Å². The Labute approximate surface area is 139 Å². The van der Waals surface area contributed by atoms with Crippen molar-refractivity contribution in [2.45, 2.75) is 18.9 Å². The molecule has 2 unspecified atom stereocenters. The van der Waals surface area contributed by atoms with E-state index in [2.05, 4.69) is 0 Å². The number of hydrogen-bond donors (Lipinski definition) is 1. The zero-order valence-corrected chi connectivity index (χ0v) is 13.3. The summed E-state index contributed by atoms with van der Waals surface area (Å²) in [6.07, 6.45) is 0.784. The van der Waals surface area contributed by atoms with Crippen molar-refractivity contribution in [3.63, 3.8) is 0 Å². The minimum absolute atomic E-state index is 0.0567. The summed E-state index contributed by atoms with van der Waals surface area (Å²) in [5.41, 5.74) is 2.11. The molecular formula is C19H18FNO3. The molecule has 0 radical (unpaired) electrons. The maximum Gasteiger partial charge on any atom is 0.335 e. The molecule has 1 aliphatic carbocycles. The molecule has 0 spiro atoms. The third-order valence-electron chi connectivity index (χ3n) is 4.40. The fourth-order valence-corrected chi connectivity index (χ4v) is 2.93. The number of carbonyl (C=O) groups excluding carboxylic acids is 1. The third kappa shape index (κ3) is 3.45. The first-order valence-corrected chi connectivity index (χ1v) is 7.78. The number of rotatable bonds is 5. The SMILES string of the molecule is CN(Cc1ccc(C(=O)O)cc1)C(=O)C1CC1c1ccc(F)cc1. The van der Waals surface area contributed by atoms with Crippen LogP contribution in [0.4, 0.5) is 4.39 Å². The normalized spacial score (nSPS) is 18.9. The highest BCUT2D eigenvalue weighted by atomic mass is 19.1. The van der Waals surface area contributed by atoms with E-state index in [1.807, 2.05) is 0 Å². The molecule has 0 aliphatic heterocycles. The molecule has 0 bridgehead atoms. The van der Waals surface area contributed by atoms with Crippen molar-refractivity contribution in [3.8, 4) is 0 Å². The van der Waals surface area contributed by atoms with Crippen LogP contribution in [-0.2, 0) is 11.3 Å². The Kier molecular flexibility index (Phi) is 4.34. The van der Waals surface area contributed by atoms with Crippen molar-refractivity contribution in [3.05, 3.63) is 71.0 Å². The number of nitrogens with zero attached hydrogens (tertiary/aromatic N) is 1. The van der Waals surface area contributed by atoms with Gasteiger partial charge in [0.1, 0.15) is 5.82 Å². The van der Waals surface area contributed by atoms with Crippen molar-refractivity contribution < 1.29 is 19.1 Å². The van der Waals surface area contributed by atoms with Crippen LogP contribution in [-0.4, -0.2) is 28.9 Å². The lowest BCUT2D eigenvalue weighted by atomic mass is 10.1. The molecule has 2 atom stereocenters. The Bertz CT molecular complexity index is 755. The first kappa shape index (κ1) is 16.2. The van der Waals surface area contributed by atoms with Crippen LogP contribution in [0, 0.1) is 11.7 Å². The van der Waals surface area contributed by atoms with E-state index in [-0.39, 0.29) is 29.1 Å². The van der Waals surface area contributed by atoms with E-state index in [9.17, 15) is 14.0 Å². The van der Waals surface area contributed by atoms with E-state index >= 15 is 0 Å². The Morgan fingerprint density at radius 3 is 2.33 bits per heavy atom. The highest BCUT2D eigenvalue weighted by Crippen LogP contribution is 2.48. The van der Waals surface area contributed by atoms with Crippen LogP contribution in [0.25, 0.3) is 0 Å². The van der Waals surface area contributed by atoms with Gasteiger partial charge in [-0.1, -0.05) is 24.3 Å². The first-order valence-electron chi connectivity index (χ1n) is 7.78. The van der Waals surface area contributed by atoms with Gasteiger partial charge in [0.2, 0.25) is 5.91 Å². The molecule has 0 aromatic heterocycles. The van der Waals surface area contributed by atoms with Gasteiger partial charge in [0.15, 0.2) is 0 Å². The summed E-state index contributed by atoms with van der Waals surface area (Å²) < 4.78 is 13.0. The standard InChI is InChI=1S/C19H18FNO3/c1-21(11-12-2-4-14(5-3-12)19(23)24)18(22)17-10-16(17)13-6-8-15(20)9-7-13/h2-9,16-17H,10-11H2,1H3,(H,23,24). The van der Waals surface area contributed by atoms with Gasteiger partial charge in [0.25, 0.3) is 0 Å². The molecule has 0 heterocycles. The number of carbonyl (C=O) groups is 2. The van der Waals surface area contributed by atoms with E-state index in [0.717, 1.165) is 17.5 Å². The molecule has 0 saturated heterocycles. The fraction of sp³-hybridized carbons (Fsp3) is 0.263. The molecule has 3 rings (SSSR count). The number of benzene rings is 2. The van der Waals surface area contributed by atoms with Crippen LogP contribution in [0.1, 0.15) is 33.8 Å². The van der Waals surface area contributed by atoms with Gasteiger partial charge in [0.05, 0.1) is 5.56 Å². The number of amides is 1. The highest BCUT2D eigenvalue weighted by molar-refractivity contribution is 5.87. The topological polar surface area (TPSA) is 57.6 Å². The van der Waals surface area contributed by atoms with Crippen LogP contribution in [0.2, 0.25) is 0 Å². The van der Waals surface area contributed by atoms with Crippen LogP contribution in [0.3, 0.4) is 0 Å². The molecule has 2 aromatic rings. The minimum atomic E-state index is -0.967. The predicted molar refractivity (Wildman–Crippen MR) is 87.1 cm³/mol. The summed E-state index contributed by atoms with van der Waals surface area (Å²) >= 11 is 0. The lowest BCUT2D eigenvalue weighted by Gasteiger charge is -2.17. The highest BCUT2D eigenvalue weighted by Gasteiger charge is 2.45. The zero-order valence-electron chi connectivity index (χ0n) is 13.3. The minimum Gasteiger partial charge on any atom is -0.478 e. The molecule has 5 heteroatoms. The van der Waals surface area contributed by atoms with Gasteiger partial charge in [0, 0.05) is 19.5 Å². The van der Waals surface area contributed by atoms with Crippen molar-refractivity contribution in [2.24, 2.45) is 5.92 Å². The third-order valence-corrected chi connectivity index (χ3v) is 4.40. The smallest absolute Gasteiger partial charge is 0.335 e. The summed E-state index contributed by atoms with van der Waals surface area (Å²) in [6, 6.07) is 12.8. The molecule has 2 aromatic carbocycles. The van der Waals surface area contributed by atoms with Crippen molar-refractivity contribution >= 4 is 11.9 Å². The second-order valence-electron chi connectivity index (χ2n) is 6.20. The van der Waals surface area contributed by atoms with Crippen molar-refractivity contribution in [1.29, 1.82) is 0 Å². The van der Waals surface area contributed by atoms with E-state index in [1.54, 1.807) is 36.2 Å². The molecule has 4 nitrogen and oxygen atoms in total. The Balaban J connectivity index is 1.59. The maximum absolute atomic E-state index is 13.0. The number of hydrogen-bond acceptors (Lipinski definition) is 2. The predicted octanol–water partition coefficient (Wildman–Crippen LogP) is 3.29. The van der Waals surface area contributed by atoms with Gasteiger partial charge < -0.3 is 10.0 Å². The average molecular weight is 327 g/mol. The zero-order chi connectivity index (χ0) is 17.3. The van der Waals surface area contributed by atoms with Gasteiger partial charge in [-0.25, -0.2) is 9.18 Å². The van der Waals surface area contributed by atoms with Gasteiger partial charge in [-0.05, 0) is 47.7 Å². The molecule has 1 fully saturated rings. The average Bonchev–Trinajstić information content (AvgIpc) is 3.36. The molecule has 1 N–H and O–H groups in total. The second kappa shape index (κ2) is 6.43. The quantitative estimate of drug-likeness (QED) is 0.917. The van der Waals surface area contributed by atoms with Crippen LogP contribution >= 0.6 is 0 Å². The Hall–Kier alpha value is -2.69. The lowest BCUT2D eigenvalue weighted by molar-refractivity contribution is -0.131. The van der Waals surface area contributed by atoms with Gasteiger partial charge >= 0.3 is 5.97 Å². The largest absolute Gasteiger partial charge is 0.478 e. The molecule has 1 amide bonds. The van der Waals surface area contributed by atoms with E-state index in [1.165, 1.54) is 24.3 Å². The number of carboxylic acids is 1. The summed E-state index contributed by atoms with van der Waals surface area (Å²) in [5.74, 6) is -1.07. The maximum atomic E-state index is 13.0. The van der Waals surface area contributed by atoms with Gasteiger partial charge in [-0.3, -0.25) is 4.79 Å². The molecule has 1 aliphatic rings. The van der Waals surface area contributed by atoms with Gasteiger partial charge in [-0.2, -0.15) is 0 Å². The molecular weight excluding hydrogens is 309 g/mol. The Morgan fingerprint density at radius 1 is 1.12 bits per heavy atom. The Morgan fingerprint density at radius 2 is 1.75 bits per heavy atom. The van der Waals surface area contributed by atoms with Crippen LogP contribution in [0.5, 0.6) is 0 Å². The van der Waals surface area contributed by atoms with Crippen LogP contribution in [0.15, 0.2) is 48.5 Å². The monoisotopic (exact) mass is 327 g/mol.